The molecule has 0 radical (unpaired) electrons. The summed E-state index contributed by atoms with van der Waals surface area (Å²) < 4.78 is 0. The Labute approximate surface area is 142 Å². The first-order valence-electron chi connectivity index (χ1n) is 10.3. The van der Waals surface area contributed by atoms with Gasteiger partial charge < -0.3 is 4.90 Å². The molecule has 0 saturated carbocycles. The Hall–Kier alpha value is -0.0400. The van der Waals surface area contributed by atoms with Gasteiger partial charge in [-0.2, -0.15) is 0 Å². The smallest absolute Gasteiger partial charge is 0.00216 e. The average molecular weight is 312 g/mol. The van der Waals surface area contributed by atoms with Crippen molar-refractivity contribution >= 4 is 0 Å². The molecule has 0 aliphatic rings. The van der Waals surface area contributed by atoms with Crippen LogP contribution >= 0.6 is 0 Å². The number of unbranched alkanes of at least 4 members (excludes halogenated alkanes) is 4. The highest BCUT2D eigenvalue weighted by Crippen LogP contribution is 2.40. The fourth-order valence-corrected chi connectivity index (χ4v) is 3.67. The van der Waals surface area contributed by atoms with E-state index in [0.29, 0.717) is 5.41 Å². The van der Waals surface area contributed by atoms with Gasteiger partial charge in [-0.1, -0.05) is 72.6 Å². The van der Waals surface area contributed by atoms with Crippen LogP contribution in [0.1, 0.15) is 111 Å². The highest BCUT2D eigenvalue weighted by molar-refractivity contribution is 4.80. The number of nitrogens with zero attached hydrogens (tertiary/aromatic N) is 1. The first-order valence-corrected chi connectivity index (χ1v) is 10.3. The Balaban J connectivity index is 4.44. The van der Waals surface area contributed by atoms with Crippen LogP contribution in [0.25, 0.3) is 0 Å². The molecule has 22 heavy (non-hydrogen) atoms. The summed E-state index contributed by atoms with van der Waals surface area (Å²) in [6, 6.07) is 0. The van der Waals surface area contributed by atoms with E-state index in [4.69, 9.17) is 0 Å². The topological polar surface area (TPSA) is 3.24 Å². The molecule has 0 unspecified atom stereocenters. The van der Waals surface area contributed by atoms with Gasteiger partial charge in [0.05, 0.1) is 0 Å². The molecule has 0 rings (SSSR count). The molecule has 0 fully saturated rings. The fraction of sp³-hybridized carbons (Fsp3) is 1.00. The van der Waals surface area contributed by atoms with Gasteiger partial charge in [-0.25, -0.2) is 0 Å². The molecule has 0 aliphatic heterocycles. The summed E-state index contributed by atoms with van der Waals surface area (Å²) in [5.41, 5.74) is 0.660. The molecule has 0 aromatic carbocycles. The maximum Gasteiger partial charge on any atom is -0.00216 e. The van der Waals surface area contributed by atoms with E-state index in [1.807, 2.05) is 0 Å². The van der Waals surface area contributed by atoms with E-state index >= 15 is 0 Å². The van der Waals surface area contributed by atoms with Crippen LogP contribution in [0.5, 0.6) is 0 Å². The van der Waals surface area contributed by atoms with E-state index in [1.165, 1.54) is 96.6 Å². The van der Waals surface area contributed by atoms with Crippen molar-refractivity contribution in [1.29, 1.82) is 0 Å². The quantitative estimate of drug-likeness (QED) is 0.295. The molecule has 0 atom stereocenters. The molecule has 0 aliphatic carbocycles. The van der Waals surface area contributed by atoms with E-state index < -0.39 is 0 Å². The number of hydrogen-bond donors (Lipinski definition) is 0. The van der Waals surface area contributed by atoms with Crippen LogP contribution in [0.15, 0.2) is 0 Å². The van der Waals surface area contributed by atoms with Gasteiger partial charge >= 0.3 is 0 Å². The maximum atomic E-state index is 2.55. The Morgan fingerprint density at radius 3 is 1.32 bits per heavy atom. The zero-order chi connectivity index (χ0) is 16.7. The van der Waals surface area contributed by atoms with E-state index in [9.17, 15) is 0 Å². The SMILES string of the molecule is CCCCN(C)CCCC(CCCC)(CCCC)CCCC. The number of hydrogen-bond acceptors (Lipinski definition) is 1. The third-order valence-corrected chi connectivity index (χ3v) is 5.32. The lowest BCUT2D eigenvalue weighted by Crippen LogP contribution is -2.26. The van der Waals surface area contributed by atoms with Crippen molar-refractivity contribution < 1.29 is 0 Å². The third-order valence-electron chi connectivity index (χ3n) is 5.32. The van der Waals surface area contributed by atoms with E-state index in [0.717, 1.165) is 0 Å². The Bertz CT molecular complexity index is 202. The van der Waals surface area contributed by atoms with Crippen LogP contribution in [0.3, 0.4) is 0 Å². The van der Waals surface area contributed by atoms with Crippen molar-refractivity contribution in [2.75, 3.05) is 20.1 Å². The van der Waals surface area contributed by atoms with Gasteiger partial charge in [0, 0.05) is 0 Å². The van der Waals surface area contributed by atoms with Crippen LogP contribution in [0.2, 0.25) is 0 Å². The van der Waals surface area contributed by atoms with Gasteiger partial charge in [-0.15, -0.1) is 0 Å². The van der Waals surface area contributed by atoms with Gasteiger partial charge in [0.1, 0.15) is 0 Å². The van der Waals surface area contributed by atoms with Crippen molar-refractivity contribution in [3.05, 3.63) is 0 Å². The van der Waals surface area contributed by atoms with Crippen molar-refractivity contribution in [3.8, 4) is 0 Å². The summed E-state index contributed by atoms with van der Waals surface area (Å²) in [6.45, 7) is 11.9. The molecular formula is C21H45N. The standard InChI is InChI=1S/C21H45N/c1-6-10-15-21(16-11-7-2,17-12-8-3)18-14-20-22(5)19-13-9-4/h6-20H2,1-5H3. The first kappa shape index (κ1) is 22.0. The molecule has 0 saturated heterocycles. The van der Waals surface area contributed by atoms with Gasteiger partial charge in [-0.3, -0.25) is 0 Å². The lowest BCUT2D eigenvalue weighted by atomic mass is 9.71. The summed E-state index contributed by atoms with van der Waals surface area (Å²) in [4.78, 5) is 2.55. The first-order chi connectivity index (χ1) is 10.6. The molecule has 1 heteroatoms. The second-order valence-electron chi connectivity index (χ2n) is 7.57. The van der Waals surface area contributed by atoms with Crippen LogP contribution in [0.4, 0.5) is 0 Å². The molecule has 1 nitrogen and oxygen atoms in total. The zero-order valence-electron chi connectivity index (χ0n) is 16.6. The highest BCUT2D eigenvalue weighted by Gasteiger charge is 2.27. The van der Waals surface area contributed by atoms with Crippen LogP contribution in [-0.4, -0.2) is 25.0 Å². The second kappa shape index (κ2) is 14.5. The molecule has 0 amide bonds. The Morgan fingerprint density at radius 2 is 0.909 bits per heavy atom. The summed E-state index contributed by atoms with van der Waals surface area (Å²) in [6.07, 6.45) is 18.3. The number of rotatable bonds is 16. The normalized spacial score (nSPS) is 12.3. The molecule has 0 heterocycles. The van der Waals surface area contributed by atoms with Crippen LogP contribution in [-0.2, 0) is 0 Å². The van der Waals surface area contributed by atoms with Crippen molar-refractivity contribution in [2.45, 2.75) is 111 Å². The molecular weight excluding hydrogens is 266 g/mol. The van der Waals surface area contributed by atoms with Gasteiger partial charge in [0.25, 0.3) is 0 Å². The summed E-state index contributed by atoms with van der Waals surface area (Å²) in [5.74, 6) is 0. The van der Waals surface area contributed by atoms with Crippen LogP contribution < -0.4 is 0 Å². The third kappa shape index (κ3) is 10.6. The molecule has 0 aromatic heterocycles. The van der Waals surface area contributed by atoms with E-state index in [2.05, 4.69) is 39.6 Å². The molecule has 0 bridgehead atoms. The van der Waals surface area contributed by atoms with Crippen LogP contribution in [0, 0.1) is 5.41 Å². The molecule has 0 N–H and O–H groups in total. The van der Waals surface area contributed by atoms with E-state index in [-0.39, 0.29) is 0 Å². The maximum absolute atomic E-state index is 2.55. The Kier molecular flexibility index (Phi) is 14.5. The van der Waals surface area contributed by atoms with E-state index in [1.54, 1.807) is 0 Å². The lowest BCUT2D eigenvalue weighted by Gasteiger charge is -2.35. The fourth-order valence-electron chi connectivity index (χ4n) is 3.67. The largest absolute Gasteiger partial charge is 0.306 e. The monoisotopic (exact) mass is 311 g/mol. The second-order valence-corrected chi connectivity index (χ2v) is 7.57. The van der Waals surface area contributed by atoms with Crippen molar-refractivity contribution in [1.82, 2.24) is 4.90 Å². The minimum Gasteiger partial charge on any atom is -0.306 e. The predicted octanol–water partition coefficient (Wildman–Crippen LogP) is 7.06. The summed E-state index contributed by atoms with van der Waals surface area (Å²) >= 11 is 0. The molecule has 0 spiro atoms. The van der Waals surface area contributed by atoms with Crippen molar-refractivity contribution in [3.63, 3.8) is 0 Å². The Morgan fingerprint density at radius 1 is 0.545 bits per heavy atom. The van der Waals surface area contributed by atoms with Crippen molar-refractivity contribution in [2.24, 2.45) is 5.41 Å². The van der Waals surface area contributed by atoms with Gasteiger partial charge in [0.2, 0.25) is 0 Å². The molecule has 0 aromatic rings. The predicted molar refractivity (Wildman–Crippen MR) is 103 cm³/mol. The minimum atomic E-state index is 0.660. The van der Waals surface area contributed by atoms with Gasteiger partial charge in [-0.05, 0) is 64.1 Å². The molecule has 134 valence electrons. The minimum absolute atomic E-state index is 0.660. The lowest BCUT2D eigenvalue weighted by molar-refractivity contribution is 0.168. The van der Waals surface area contributed by atoms with Gasteiger partial charge in [0.15, 0.2) is 0 Å². The zero-order valence-corrected chi connectivity index (χ0v) is 16.6. The average Bonchev–Trinajstić information content (AvgIpc) is 2.53. The highest BCUT2D eigenvalue weighted by atomic mass is 15.1. The summed E-state index contributed by atoms with van der Waals surface area (Å²) in [7, 11) is 2.31. The summed E-state index contributed by atoms with van der Waals surface area (Å²) in [5, 5.41) is 0.